The topological polar surface area (TPSA) is 237 Å². The summed E-state index contributed by atoms with van der Waals surface area (Å²) in [5.41, 5.74) is 0. The van der Waals surface area contributed by atoms with E-state index in [1.807, 2.05) is 0 Å². The van der Waals surface area contributed by atoms with Crippen LogP contribution in [0.2, 0.25) is 0 Å². The van der Waals surface area contributed by atoms with Gasteiger partial charge in [-0.15, -0.1) is 0 Å². The van der Waals surface area contributed by atoms with Gasteiger partial charge >= 0.3 is 39.5 Å². The Bertz CT molecular complexity index is 2650. The van der Waals surface area contributed by atoms with Crippen molar-refractivity contribution in [1.82, 2.24) is 0 Å². The molecule has 0 radical (unpaired) electrons. The van der Waals surface area contributed by atoms with Crippen LogP contribution >= 0.6 is 15.6 Å². The zero-order valence-corrected chi connectivity index (χ0v) is 70.9. The van der Waals surface area contributed by atoms with E-state index < -0.39 is 97.5 Å². The molecule has 19 heteroatoms. The Morgan fingerprint density at radius 2 is 0.473 bits per heavy atom. The molecule has 5 atom stereocenters. The maximum Gasteiger partial charge on any atom is 0.472 e. The third-order valence-electron chi connectivity index (χ3n) is 17.8. The number of aliphatic hydroxyl groups is 1. The van der Waals surface area contributed by atoms with Crippen LogP contribution in [-0.2, 0) is 65.4 Å². The molecule has 0 aliphatic carbocycles. The number of unbranched alkanes of at least 4 members (excludes halogenated alkanes) is 30. The summed E-state index contributed by atoms with van der Waals surface area (Å²) in [7, 11) is -9.99. The molecule has 0 aromatic carbocycles. The number of carbonyl (C=O) groups excluding carboxylic acids is 4. The molecule has 0 amide bonds. The van der Waals surface area contributed by atoms with Gasteiger partial charge < -0.3 is 33.8 Å². The number of aliphatic hydroxyl groups excluding tert-OH is 1. The highest BCUT2D eigenvalue weighted by molar-refractivity contribution is 7.47. The summed E-state index contributed by atoms with van der Waals surface area (Å²) in [6, 6.07) is 0. The summed E-state index contributed by atoms with van der Waals surface area (Å²) < 4.78 is 68.8. The Morgan fingerprint density at radius 3 is 0.755 bits per heavy atom. The summed E-state index contributed by atoms with van der Waals surface area (Å²) >= 11 is 0. The van der Waals surface area contributed by atoms with E-state index in [-0.39, 0.29) is 25.7 Å². The van der Waals surface area contributed by atoms with Crippen molar-refractivity contribution in [1.29, 1.82) is 0 Å². The number of phosphoric ester groups is 2. The quantitative estimate of drug-likeness (QED) is 0.0169. The van der Waals surface area contributed by atoms with Gasteiger partial charge in [0.25, 0.3) is 0 Å². The predicted octanol–water partition coefficient (Wildman–Crippen LogP) is 25.8. The van der Waals surface area contributed by atoms with Crippen molar-refractivity contribution < 1.29 is 80.2 Å². The number of rotatable bonds is 80. The molecule has 0 saturated carbocycles. The Hall–Kier alpha value is -5.06. The first-order valence-corrected chi connectivity index (χ1v) is 46.1. The van der Waals surface area contributed by atoms with E-state index in [0.717, 1.165) is 199 Å². The summed E-state index contributed by atoms with van der Waals surface area (Å²) in [6.07, 6.45) is 95.1. The molecule has 0 aliphatic rings. The van der Waals surface area contributed by atoms with Crippen LogP contribution in [0, 0.1) is 0 Å². The Kier molecular flexibility index (Phi) is 78.2. The molecule has 0 fully saturated rings. The van der Waals surface area contributed by atoms with Crippen molar-refractivity contribution in [2.75, 3.05) is 39.6 Å². The first-order valence-electron chi connectivity index (χ1n) is 43.1. The smallest absolute Gasteiger partial charge is 0.462 e. The predicted molar refractivity (Wildman–Crippen MR) is 454 cm³/mol. The highest BCUT2D eigenvalue weighted by Crippen LogP contribution is 2.45. The van der Waals surface area contributed by atoms with Gasteiger partial charge in [-0.3, -0.25) is 37.3 Å². The van der Waals surface area contributed by atoms with Gasteiger partial charge in [0.2, 0.25) is 0 Å². The summed E-state index contributed by atoms with van der Waals surface area (Å²) in [5.74, 6) is -2.23. The first kappa shape index (κ1) is 105. The number of carbonyl (C=O) groups is 4. The molecule has 0 aromatic rings. The molecule has 0 spiro atoms. The van der Waals surface area contributed by atoms with E-state index >= 15 is 0 Å². The van der Waals surface area contributed by atoms with Crippen LogP contribution in [-0.4, -0.2) is 96.7 Å². The van der Waals surface area contributed by atoms with Crippen molar-refractivity contribution in [2.24, 2.45) is 0 Å². The van der Waals surface area contributed by atoms with Crippen LogP contribution in [0.4, 0.5) is 0 Å². The third kappa shape index (κ3) is 81.0. The standard InChI is InChI=1S/C91H154O17P2/c1-5-9-13-17-21-25-29-33-36-39-42-45-48-52-55-59-63-67-71-75-88(93)101-81-86(107-90(95)77-73-69-65-61-57-51-32-28-24-20-16-12-8-4)83-105-109(97,98)103-79-85(92)80-104-110(99,100)106-84-87(108-91(96)78-74-70-66-62-58-54-50-47-44-41-38-35-31-27-23-19-15-11-7-3)82-102-89(94)76-72-68-64-60-56-53-49-46-43-40-37-34-30-26-22-18-14-10-6-2/h10-11,14-15,21-23,25-27,33-38,42-47,53,56,85-87,92H,5-9,12-13,16-20,24,28-32,39-41,48-52,54-55,57-84H2,1-4H3,(H,97,98)(H,99,100)/b14-10-,15-11-,25-21-,26-22-,27-23-,36-33-,37-34-,38-35-,45-42-,46-43-,47-44-,56-53-. The van der Waals surface area contributed by atoms with Crippen LogP contribution in [0.15, 0.2) is 146 Å². The number of ether oxygens (including phenoxy) is 4. The second-order valence-electron chi connectivity index (χ2n) is 28.4. The lowest BCUT2D eigenvalue weighted by Gasteiger charge is -2.21. The highest BCUT2D eigenvalue weighted by atomic mass is 31.2. The average molecular weight is 1580 g/mol. The normalized spacial score (nSPS) is 14.5. The minimum Gasteiger partial charge on any atom is -0.462 e. The number of phosphoric acid groups is 2. The first-order chi connectivity index (χ1) is 53.7. The second-order valence-corrected chi connectivity index (χ2v) is 31.3. The van der Waals surface area contributed by atoms with Gasteiger partial charge in [-0.2, -0.15) is 0 Å². The van der Waals surface area contributed by atoms with Crippen molar-refractivity contribution in [2.45, 2.75) is 367 Å². The lowest BCUT2D eigenvalue weighted by Crippen LogP contribution is -2.30. The summed E-state index contributed by atoms with van der Waals surface area (Å²) in [4.78, 5) is 73.3. The Morgan fingerprint density at radius 1 is 0.264 bits per heavy atom. The Balaban J connectivity index is 5.42. The van der Waals surface area contributed by atoms with E-state index in [1.165, 1.54) is 70.6 Å². The van der Waals surface area contributed by atoms with Gasteiger partial charge in [0, 0.05) is 25.7 Å². The van der Waals surface area contributed by atoms with E-state index in [4.69, 9.17) is 37.0 Å². The van der Waals surface area contributed by atoms with E-state index in [0.29, 0.717) is 25.7 Å². The van der Waals surface area contributed by atoms with Gasteiger partial charge in [-0.25, -0.2) is 9.13 Å². The van der Waals surface area contributed by atoms with Crippen LogP contribution in [0.3, 0.4) is 0 Å². The van der Waals surface area contributed by atoms with Crippen molar-refractivity contribution in [3.05, 3.63) is 146 Å². The molecule has 0 rings (SSSR count). The fourth-order valence-corrected chi connectivity index (χ4v) is 12.9. The molecular weight excluding hydrogens is 1430 g/mol. The van der Waals surface area contributed by atoms with Gasteiger partial charge in [0.1, 0.15) is 19.3 Å². The molecule has 0 saturated heterocycles. The van der Waals surface area contributed by atoms with E-state index in [9.17, 15) is 43.2 Å². The Labute approximate surface area is 668 Å². The van der Waals surface area contributed by atoms with Crippen molar-refractivity contribution in [3.63, 3.8) is 0 Å². The van der Waals surface area contributed by atoms with E-state index in [2.05, 4.69) is 174 Å². The largest absolute Gasteiger partial charge is 0.472 e. The highest BCUT2D eigenvalue weighted by Gasteiger charge is 2.30. The zero-order chi connectivity index (χ0) is 80.3. The third-order valence-corrected chi connectivity index (χ3v) is 19.7. The maximum absolute atomic E-state index is 13.1. The maximum atomic E-state index is 13.1. The molecule has 5 unspecified atom stereocenters. The van der Waals surface area contributed by atoms with Crippen molar-refractivity contribution >= 4 is 39.5 Å². The molecule has 0 heterocycles. The molecule has 17 nitrogen and oxygen atoms in total. The number of allylic oxidation sites excluding steroid dienone is 24. The molecule has 0 aromatic heterocycles. The average Bonchev–Trinajstić information content (AvgIpc) is 0.900. The van der Waals surface area contributed by atoms with Crippen LogP contribution in [0.5, 0.6) is 0 Å². The summed E-state index contributed by atoms with van der Waals surface area (Å²) in [5, 5.41) is 10.7. The van der Waals surface area contributed by atoms with Crippen LogP contribution in [0.1, 0.15) is 349 Å². The lowest BCUT2D eigenvalue weighted by atomic mass is 10.0. The monoisotopic (exact) mass is 1580 g/mol. The SMILES string of the molecule is CC/C=C\C/C=C\C/C=C\C/C=C\C/C=C\CCCCCC(=O)OCC(COP(=O)(O)OCC(O)COP(=O)(O)OCC(COC(=O)CCCCCCCC/C=C\C/C=C\C/C=C\CCCCC)OC(=O)CCCCCCCCCCCCCCC)OC(=O)CCCCCCCC/C=C\C/C=C\C/C=C\C/C=C\CC. The van der Waals surface area contributed by atoms with Crippen LogP contribution < -0.4 is 0 Å². The molecule has 0 bridgehead atoms. The van der Waals surface area contributed by atoms with Gasteiger partial charge in [0.15, 0.2) is 12.2 Å². The molecule has 0 aliphatic heterocycles. The fraction of sp³-hybridized carbons (Fsp3) is 0.692. The van der Waals surface area contributed by atoms with Gasteiger partial charge in [-0.1, -0.05) is 321 Å². The minimum absolute atomic E-state index is 0.0670. The molecular formula is C91H154O17P2. The number of hydrogen-bond donors (Lipinski definition) is 3. The molecule has 3 N–H and O–H groups in total. The number of hydrogen-bond acceptors (Lipinski definition) is 15. The second kappa shape index (κ2) is 81.9. The van der Waals surface area contributed by atoms with Crippen molar-refractivity contribution in [3.8, 4) is 0 Å². The van der Waals surface area contributed by atoms with Crippen LogP contribution in [0.25, 0.3) is 0 Å². The van der Waals surface area contributed by atoms with E-state index in [1.54, 1.807) is 0 Å². The molecule has 110 heavy (non-hydrogen) atoms. The van der Waals surface area contributed by atoms with Gasteiger partial charge in [-0.05, 0) is 148 Å². The lowest BCUT2D eigenvalue weighted by molar-refractivity contribution is -0.161. The fourth-order valence-electron chi connectivity index (χ4n) is 11.3. The zero-order valence-electron chi connectivity index (χ0n) is 69.1. The number of esters is 4. The summed E-state index contributed by atoms with van der Waals surface area (Å²) in [6.45, 7) is 4.60. The minimum atomic E-state index is -5.00. The molecule has 630 valence electrons. The van der Waals surface area contributed by atoms with Gasteiger partial charge in [0.05, 0.1) is 26.4 Å².